The number of ether oxygens (including phenoxy) is 1. The third kappa shape index (κ3) is 5.08. The molecule has 0 radical (unpaired) electrons. The monoisotopic (exact) mass is 379 g/mol. The molecule has 146 valence electrons. The van der Waals surface area contributed by atoms with Gasteiger partial charge in [-0.05, 0) is 36.5 Å². The summed E-state index contributed by atoms with van der Waals surface area (Å²) in [6, 6.07) is 9.41. The second-order valence-electron chi connectivity index (χ2n) is 8.59. The minimum absolute atomic E-state index is 0.0375. The lowest BCUT2D eigenvalue weighted by atomic mass is 10.2. The zero-order valence-corrected chi connectivity index (χ0v) is 17.7. The number of hydrogen-bond acceptors (Lipinski definition) is 4. The van der Waals surface area contributed by atoms with Crippen molar-refractivity contribution in [2.75, 3.05) is 13.2 Å². The summed E-state index contributed by atoms with van der Waals surface area (Å²) in [4.78, 5) is 14.4. The first-order chi connectivity index (χ1) is 12.2. The Bertz CT molecular complexity index is 585. The Balaban J connectivity index is 1.99. The molecule has 1 aromatic rings. The van der Waals surface area contributed by atoms with E-state index in [0.717, 1.165) is 18.4 Å². The van der Waals surface area contributed by atoms with E-state index in [2.05, 4.69) is 33.9 Å². The van der Waals surface area contributed by atoms with E-state index in [1.54, 1.807) is 4.90 Å². The molecule has 2 rings (SSSR count). The van der Waals surface area contributed by atoms with Crippen LogP contribution in [0.5, 0.6) is 0 Å². The Kier molecular flexibility index (Phi) is 6.88. The Labute approximate surface area is 158 Å². The van der Waals surface area contributed by atoms with Crippen molar-refractivity contribution in [2.45, 2.75) is 70.4 Å². The molecule has 1 N–H and O–H groups in total. The number of carbonyl (C=O) groups is 1. The van der Waals surface area contributed by atoms with Gasteiger partial charge >= 0.3 is 6.09 Å². The summed E-state index contributed by atoms with van der Waals surface area (Å²) in [5, 5.41) is 9.79. The largest absolute Gasteiger partial charge is 0.445 e. The highest BCUT2D eigenvalue weighted by Gasteiger charge is 2.41. The minimum Gasteiger partial charge on any atom is -0.445 e. The number of nitrogens with zero attached hydrogens (tertiary/aromatic N) is 1. The summed E-state index contributed by atoms with van der Waals surface area (Å²) in [5.74, 6) is 0. The third-order valence-electron chi connectivity index (χ3n) is 5.69. The molecule has 0 aliphatic carbocycles. The fourth-order valence-corrected chi connectivity index (χ4v) is 3.96. The Morgan fingerprint density at radius 3 is 2.38 bits per heavy atom. The van der Waals surface area contributed by atoms with Gasteiger partial charge in [0.15, 0.2) is 8.32 Å². The lowest BCUT2D eigenvalue weighted by molar-refractivity contribution is 0.0540. The van der Waals surface area contributed by atoms with E-state index in [0.29, 0.717) is 6.61 Å². The van der Waals surface area contributed by atoms with Crippen LogP contribution < -0.4 is 0 Å². The van der Waals surface area contributed by atoms with Crippen LogP contribution in [0.1, 0.15) is 39.2 Å². The summed E-state index contributed by atoms with van der Waals surface area (Å²) in [7, 11) is -1.88. The van der Waals surface area contributed by atoms with Crippen molar-refractivity contribution in [3.63, 3.8) is 0 Å². The van der Waals surface area contributed by atoms with Gasteiger partial charge in [0.05, 0.1) is 25.3 Å². The van der Waals surface area contributed by atoms with Crippen LogP contribution in [0, 0.1) is 0 Å². The maximum absolute atomic E-state index is 12.7. The van der Waals surface area contributed by atoms with E-state index >= 15 is 0 Å². The van der Waals surface area contributed by atoms with E-state index in [9.17, 15) is 9.90 Å². The first-order valence-electron chi connectivity index (χ1n) is 9.39. The molecular weight excluding hydrogens is 346 g/mol. The van der Waals surface area contributed by atoms with Crippen LogP contribution in [0.3, 0.4) is 0 Å². The van der Waals surface area contributed by atoms with Crippen molar-refractivity contribution in [3.05, 3.63) is 35.9 Å². The third-order valence-corrected chi connectivity index (χ3v) is 10.2. The van der Waals surface area contributed by atoms with Gasteiger partial charge in [-0.3, -0.25) is 4.90 Å². The SMILES string of the molecule is CC(C)(C)[Si](C)(C)OC[C@@H]1CC[C@H](CO)N1C(=O)OCc1ccccc1. The molecule has 0 saturated carbocycles. The number of aliphatic hydroxyl groups excluding tert-OH is 1. The van der Waals surface area contributed by atoms with Crippen molar-refractivity contribution in [1.82, 2.24) is 4.90 Å². The molecular formula is C20H33NO4Si. The molecule has 1 aliphatic rings. The van der Waals surface area contributed by atoms with Crippen molar-refractivity contribution in [2.24, 2.45) is 0 Å². The van der Waals surface area contributed by atoms with Gasteiger partial charge < -0.3 is 14.3 Å². The van der Waals surface area contributed by atoms with Gasteiger partial charge in [0, 0.05) is 0 Å². The van der Waals surface area contributed by atoms with Gasteiger partial charge in [0.25, 0.3) is 0 Å². The average Bonchev–Trinajstić information content (AvgIpc) is 3.01. The zero-order chi connectivity index (χ0) is 19.4. The van der Waals surface area contributed by atoms with Crippen molar-refractivity contribution in [3.8, 4) is 0 Å². The normalized spacial score (nSPS) is 21.1. The van der Waals surface area contributed by atoms with Crippen molar-refractivity contribution >= 4 is 14.4 Å². The molecule has 1 aromatic carbocycles. The van der Waals surface area contributed by atoms with Crippen LogP contribution in [0.15, 0.2) is 30.3 Å². The maximum atomic E-state index is 12.7. The Morgan fingerprint density at radius 2 is 1.81 bits per heavy atom. The quantitative estimate of drug-likeness (QED) is 0.754. The highest BCUT2D eigenvalue weighted by atomic mass is 28.4. The van der Waals surface area contributed by atoms with Crippen LogP contribution in [0.2, 0.25) is 18.1 Å². The summed E-state index contributed by atoms with van der Waals surface area (Å²) in [5.41, 5.74) is 0.953. The second kappa shape index (κ2) is 8.54. The molecule has 0 bridgehead atoms. The van der Waals surface area contributed by atoms with Gasteiger partial charge in [-0.15, -0.1) is 0 Å². The van der Waals surface area contributed by atoms with E-state index in [4.69, 9.17) is 9.16 Å². The fourth-order valence-electron chi connectivity index (χ4n) is 2.92. The van der Waals surface area contributed by atoms with Gasteiger partial charge in [-0.2, -0.15) is 0 Å². The van der Waals surface area contributed by atoms with Gasteiger partial charge in [-0.1, -0.05) is 51.1 Å². The van der Waals surface area contributed by atoms with Crippen LogP contribution in [-0.4, -0.2) is 49.7 Å². The Morgan fingerprint density at radius 1 is 1.19 bits per heavy atom. The number of carbonyl (C=O) groups excluding carboxylic acids is 1. The second-order valence-corrected chi connectivity index (χ2v) is 13.4. The van der Waals surface area contributed by atoms with Crippen molar-refractivity contribution < 1.29 is 19.1 Å². The number of hydrogen-bond donors (Lipinski definition) is 1. The number of likely N-dealkylation sites (tertiary alicyclic amines) is 1. The lowest BCUT2D eigenvalue weighted by Crippen LogP contribution is -2.48. The molecule has 1 aliphatic heterocycles. The smallest absolute Gasteiger partial charge is 0.410 e. The van der Waals surface area contributed by atoms with Crippen LogP contribution in [-0.2, 0) is 15.8 Å². The molecule has 0 unspecified atom stereocenters. The molecule has 1 amide bonds. The van der Waals surface area contributed by atoms with Crippen LogP contribution in [0.25, 0.3) is 0 Å². The summed E-state index contributed by atoms with van der Waals surface area (Å²) >= 11 is 0. The number of aliphatic hydroxyl groups is 1. The van der Waals surface area contributed by atoms with Gasteiger partial charge in [-0.25, -0.2) is 4.79 Å². The molecule has 5 nitrogen and oxygen atoms in total. The molecule has 26 heavy (non-hydrogen) atoms. The van der Waals surface area contributed by atoms with E-state index in [-0.39, 0.29) is 36.4 Å². The molecule has 1 saturated heterocycles. The summed E-state index contributed by atoms with van der Waals surface area (Å²) in [6.45, 7) is 11.7. The topological polar surface area (TPSA) is 59.0 Å². The minimum atomic E-state index is -1.88. The molecule has 6 heteroatoms. The summed E-state index contributed by atoms with van der Waals surface area (Å²) < 4.78 is 11.8. The zero-order valence-electron chi connectivity index (χ0n) is 16.7. The highest BCUT2D eigenvalue weighted by Crippen LogP contribution is 2.37. The maximum Gasteiger partial charge on any atom is 0.410 e. The Hall–Kier alpha value is -1.37. The van der Waals surface area contributed by atoms with Crippen LogP contribution >= 0.6 is 0 Å². The number of rotatable bonds is 6. The molecule has 0 spiro atoms. The van der Waals surface area contributed by atoms with E-state index in [1.165, 1.54) is 0 Å². The van der Waals surface area contributed by atoms with Crippen molar-refractivity contribution in [1.29, 1.82) is 0 Å². The standard InChI is InChI=1S/C20H33NO4Si/c1-20(2,3)26(4,5)25-15-18-12-11-17(13-22)21(18)19(23)24-14-16-9-7-6-8-10-16/h6-10,17-18,22H,11-15H2,1-5H3/t17-,18+/m1/s1. The van der Waals surface area contributed by atoms with Crippen LogP contribution in [0.4, 0.5) is 4.79 Å². The van der Waals surface area contributed by atoms with E-state index < -0.39 is 8.32 Å². The lowest BCUT2D eigenvalue weighted by Gasteiger charge is -2.38. The number of amides is 1. The number of benzene rings is 1. The first kappa shape index (κ1) is 20.9. The fraction of sp³-hybridized carbons (Fsp3) is 0.650. The first-order valence-corrected chi connectivity index (χ1v) is 12.3. The molecule has 2 atom stereocenters. The van der Waals surface area contributed by atoms with Gasteiger partial charge in [0.2, 0.25) is 0 Å². The highest BCUT2D eigenvalue weighted by molar-refractivity contribution is 6.74. The predicted octanol–water partition coefficient (Wildman–Crippen LogP) is 4.17. The van der Waals surface area contributed by atoms with Gasteiger partial charge in [0.1, 0.15) is 6.61 Å². The molecule has 1 heterocycles. The van der Waals surface area contributed by atoms with E-state index in [1.807, 2.05) is 30.3 Å². The average molecular weight is 380 g/mol. The molecule has 0 aromatic heterocycles. The summed E-state index contributed by atoms with van der Waals surface area (Å²) in [6.07, 6.45) is 1.25. The predicted molar refractivity (Wildman–Crippen MR) is 106 cm³/mol. The molecule has 1 fully saturated rings.